The van der Waals surface area contributed by atoms with Crippen LogP contribution in [0.3, 0.4) is 0 Å². The molecule has 0 spiro atoms. The normalized spacial score (nSPS) is 20.5. The number of methoxy groups -OCH3 is 2. The predicted octanol–water partition coefficient (Wildman–Crippen LogP) is 3.70. The summed E-state index contributed by atoms with van der Waals surface area (Å²) in [4.78, 5) is 17.8. The maximum absolute atomic E-state index is 13.0. The van der Waals surface area contributed by atoms with Crippen LogP contribution in [0, 0.1) is 0 Å². The molecule has 0 unspecified atom stereocenters. The minimum Gasteiger partial charge on any atom is -0.461 e. The van der Waals surface area contributed by atoms with Crippen LogP contribution in [0.15, 0.2) is 18.3 Å². The van der Waals surface area contributed by atoms with Crippen LogP contribution in [-0.4, -0.2) is 88.2 Å². The van der Waals surface area contributed by atoms with Crippen molar-refractivity contribution in [1.82, 2.24) is 14.6 Å². The molecule has 1 fully saturated rings. The zero-order valence-electron chi connectivity index (χ0n) is 22.4. The molecule has 1 aliphatic carbocycles. The Morgan fingerprint density at radius 2 is 1.83 bits per heavy atom. The number of carbonyl (C=O) groups excluding carboxylic acids is 1. The van der Waals surface area contributed by atoms with Crippen molar-refractivity contribution < 1.29 is 28.5 Å². The minimum absolute atomic E-state index is 0.198. The third-order valence-corrected chi connectivity index (χ3v) is 8.21. The van der Waals surface area contributed by atoms with Gasteiger partial charge in [0.25, 0.3) is 0 Å². The van der Waals surface area contributed by atoms with Crippen LogP contribution in [0.25, 0.3) is 5.65 Å². The van der Waals surface area contributed by atoms with Crippen LogP contribution >= 0.6 is 0 Å². The molecule has 0 aliphatic heterocycles. The van der Waals surface area contributed by atoms with Crippen molar-refractivity contribution in [1.29, 1.82) is 0 Å². The van der Waals surface area contributed by atoms with Gasteiger partial charge in [-0.05, 0) is 31.7 Å². The largest absolute Gasteiger partial charge is 0.461 e. The minimum atomic E-state index is -1.13. The average molecular weight is 523 g/mol. The lowest BCUT2D eigenvalue weighted by Crippen LogP contribution is -2.46. The summed E-state index contributed by atoms with van der Waals surface area (Å²) in [7, 11) is 2.07. The fraction of sp³-hybridized carbons (Fsp3) is 0.720. The maximum Gasteiger partial charge on any atom is 0.338 e. The van der Waals surface area contributed by atoms with E-state index < -0.39 is 13.7 Å². The van der Waals surface area contributed by atoms with Gasteiger partial charge in [0.2, 0.25) is 0 Å². The third-order valence-electron chi connectivity index (χ3n) is 6.50. The second kappa shape index (κ2) is 13.5. The van der Waals surface area contributed by atoms with E-state index in [2.05, 4.69) is 30.1 Å². The van der Waals surface area contributed by atoms with Gasteiger partial charge in [-0.25, -0.2) is 9.78 Å². The smallest absolute Gasteiger partial charge is 0.338 e. The number of hydrogen-bond acceptors (Lipinski definition) is 9. The summed E-state index contributed by atoms with van der Waals surface area (Å²) in [6.07, 6.45) is 4.38. The molecule has 36 heavy (non-hydrogen) atoms. The summed E-state index contributed by atoms with van der Waals surface area (Å²) < 4.78 is 29.3. The summed E-state index contributed by atoms with van der Waals surface area (Å²) in [5.41, 5.74) is 0.796. The predicted molar refractivity (Wildman–Crippen MR) is 140 cm³/mol. The van der Waals surface area contributed by atoms with Crippen molar-refractivity contribution >= 4 is 25.5 Å². The number of fused-ring (bicyclic) bond motifs is 1. The molecule has 0 saturated heterocycles. The molecule has 0 aromatic carbocycles. The highest BCUT2D eigenvalue weighted by molar-refractivity contribution is 6.76. The van der Waals surface area contributed by atoms with Crippen LogP contribution in [0.2, 0.25) is 25.7 Å². The average Bonchev–Trinajstić information content (AvgIpc) is 3.33. The van der Waals surface area contributed by atoms with Crippen molar-refractivity contribution in [3.8, 4) is 0 Å². The van der Waals surface area contributed by atoms with E-state index >= 15 is 0 Å². The quantitative estimate of drug-likeness (QED) is 0.162. The Morgan fingerprint density at radius 1 is 1.11 bits per heavy atom. The van der Waals surface area contributed by atoms with E-state index in [4.69, 9.17) is 28.7 Å². The maximum atomic E-state index is 13.0. The number of carbonyl (C=O) groups is 1. The highest BCUT2D eigenvalue weighted by Gasteiger charge is 2.45. The van der Waals surface area contributed by atoms with Crippen LogP contribution < -0.4 is 5.32 Å². The molecule has 1 saturated carbocycles. The topological polar surface area (TPSA) is 105 Å². The Balaban J connectivity index is 1.66. The molecule has 2 heterocycles. The summed E-state index contributed by atoms with van der Waals surface area (Å²) in [5.74, 6) is 0.718. The molecule has 0 atom stereocenters. The summed E-state index contributed by atoms with van der Waals surface area (Å²) in [6.45, 7) is 9.51. The highest BCUT2D eigenvalue weighted by Crippen LogP contribution is 2.41. The van der Waals surface area contributed by atoms with Crippen molar-refractivity contribution in [2.75, 3.05) is 59.3 Å². The molecule has 1 N–H and O–H groups in total. The molecule has 0 amide bonds. The van der Waals surface area contributed by atoms with Gasteiger partial charge in [0.05, 0.1) is 26.0 Å². The van der Waals surface area contributed by atoms with E-state index in [0.29, 0.717) is 39.4 Å². The van der Waals surface area contributed by atoms with Crippen LogP contribution in [0.4, 0.5) is 5.82 Å². The fourth-order valence-electron chi connectivity index (χ4n) is 4.30. The molecule has 3 rings (SSSR count). The van der Waals surface area contributed by atoms with Gasteiger partial charge in [0.1, 0.15) is 19.2 Å². The highest BCUT2D eigenvalue weighted by atomic mass is 28.3. The molecule has 2 aromatic rings. The number of nitrogens with zero attached hydrogens (tertiary/aromatic N) is 3. The van der Waals surface area contributed by atoms with E-state index in [9.17, 15) is 4.79 Å². The Morgan fingerprint density at radius 3 is 2.53 bits per heavy atom. The molecule has 0 bridgehead atoms. The Kier molecular flexibility index (Phi) is 10.7. The van der Waals surface area contributed by atoms with Crippen molar-refractivity contribution in [3.63, 3.8) is 0 Å². The standard InChI is InChI=1S/C25H42N4O6Si/c1-31-12-14-34-24(30)25(35-15-13-32-2)9-6-20(7-10-25)21-18-23(29-22(28-21)8-11-27-29)26-19-33-16-17-36(3,4)5/h8,11,18,20,26H,6-7,9-10,12-17,19H2,1-5H3. The van der Waals surface area contributed by atoms with Crippen molar-refractivity contribution in [2.24, 2.45) is 0 Å². The number of rotatable bonds is 15. The molecule has 0 radical (unpaired) electrons. The lowest BCUT2D eigenvalue weighted by atomic mass is 9.77. The third kappa shape index (κ3) is 7.97. The Bertz CT molecular complexity index is 956. The van der Waals surface area contributed by atoms with Crippen molar-refractivity contribution in [2.45, 2.75) is 62.9 Å². The summed E-state index contributed by atoms with van der Waals surface area (Å²) in [5, 5.41) is 7.77. The number of esters is 1. The Hall–Kier alpha value is -2.05. The molecular formula is C25H42N4O6Si. The van der Waals surface area contributed by atoms with Crippen molar-refractivity contribution in [3.05, 3.63) is 24.0 Å². The SMILES string of the molecule is COCCOC(=O)C1(OCCOC)CCC(c2cc(NCOCC[Si](C)(C)C)n3nccc3n2)CC1. The van der Waals surface area contributed by atoms with Gasteiger partial charge in [-0.3, -0.25) is 0 Å². The summed E-state index contributed by atoms with van der Waals surface area (Å²) in [6, 6.07) is 5.06. The molecule has 2 aromatic heterocycles. The first-order valence-corrected chi connectivity index (χ1v) is 16.4. The first-order valence-electron chi connectivity index (χ1n) is 12.7. The van der Waals surface area contributed by atoms with Gasteiger partial charge < -0.3 is 29.0 Å². The van der Waals surface area contributed by atoms with Gasteiger partial charge >= 0.3 is 5.97 Å². The second-order valence-electron chi connectivity index (χ2n) is 10.4. The monoisotopic (exact) mass is 522 g/mol. The first kappa shape index (κ1) is 28.5. The van der Waals surface area contributed by atoms with Gasteiger partial charge in [-0.2, -0.15) is 9.61 Å². The van der Waals surface area contributed by atoms with E-state index in [1.54, 1.807) is 24.9 Å². The summed E-state index contributed by atoms with van der Waals surface area (Å²) >= 11 is 0. The van der Waals surface area contributed by atoms with E-state index in [-0.39, 0.29) is 18.5 Å². The molecule has 11 heteroatoms. The lowest BCUT2D eigenvalue weighted by molar-refractivity contribution is -0.180. The second-order valence-corrected chi connectivity index (χ2v) is 16.1. The molecule has 202 valence electrons. The zero-order valence-corrected chi connectivity index (χ0v) is 23.4. The van der Waals surface area contributed by atoms with E-state index in [1.165, 1.54) is 0 Å². The van der Waals surface area contributed by atoms with Crippen LogP contribution in [0.1, 0.15) is 37.3 Å². The van der Waals surface area contributed by atoms with Crippen LogP contribution in [0.5, 0.6) is 0 Å². The number of anilines is 1. The van der Waals surface area contributed by atoms with Gasteiger partial charge in [0, 0.05) is 52.6 Å². The lowest BCUT2D eigenvalue weighted by Gasteiger charge is -2.37. The van der Waals surface area contributed by atoms with E-state index in [1.807, 2.05) is 12.1 Å². The number of aromatic nitrogens is 3. The molecule has 1 aliphatic rings. The van der Waals surface area contributed by atoms with Gasteiger partial charge in [-0.15, -0.1) is 0 Å². The van der Waals surface area contributed by atoms with Gasteiger partial charge in [-0.1, -0.05) is 19.6 Å². The zero-order chi connectivity index (χ0) is 26.0. The van der Waals surface area contributed by atoms with Crippen LogP contribution in [-0.2, 0) is 28.5 Å². The van der Waals surface area contributed by atoms with E-state index in [0.717, 1.165) is 42.7 Å². The number of hydrogen-bond donors (Lipinski definition) is 1. The Labute approximate surface area is 215 Å². The number of ether oxygens (including phenoxy) is 5. The van der Waals surface area contributed by atoms with Gasteiger partial charge in [0.15, 0.2) is 11.2 Å². The fourth-order valence-corrected chi connectivity index (χ4v) is 5.06. The molecular weight excluding hydrogens is 480 g/mol. The first-order chi connectivity index (χ1) is 17.3. The molecule has 10 nitrogen and oxygen atoms in total. The number of nitrogens with one attached hydrogen (secondary N) is 1.